The van der Waals surface area contributed by atoms with Gasteiger partial charge in [-0.1, -0.05) is 73.7 Å². The number of hydrogen-bond donors (Lipinski definition) is 0. The van der Waals surface area contributed by atoms with Crippen LogP contribution in [0.4, 0.5) is 0 Å². The number of rotatable bonds is 6. The molecule has 0 aromatic heterocycles. The summed E-state index contributed by atoms with van der Waals surface area (Å²) in [5.74, 6) is 1.76. The number of hydrogen-bond acceptors (Lipinski definition) is 0. The van der Waals surface area contributed by atoms with Crippen LogP contribution in [0.2, 0.25) is 0 Å². The van der Waals surface area contributed by atoms with Crippen LogP contribution < -0.4 is 0 Å². The lowest BCUT2D eigenvalue weighted by Gasteiger charge is -2.26. The predicted molar refractivity (Wildman–Crippen MR) is 127 cm³/mol. The lowest BCUT2D eigenvalue weighted by atomic mass is 9.79. The summed E-state index contributed by atoms with van der Waals surface area (Å²) in [5, 5.41) is 2.67. The van der Waals surface area contributed by atoms with E-state index in [-0.39, 0.29) is 0 Å². The molecule has 0 amide bonds. The van der Waals surface area contributed by atoms with Crippen LogP contribution in [-0.2, 0) is 12.8 Å². The van der Waals surface area contributed by atoms with Gasteiger partial charge in [-0.25, -0.2) is 0 Å². The molecule has 0 unspecified atom stereocenters. The number of fused-ring (bicyclic) bond motifs is 1. The minimum absolute atomic E-state index is 0.839. The highest BCUT2D eigenvalue weighted by Gasteiger charge is 2.19. The van der Waals surface area contributed by atoms with E-state index in [9.17, 15) is 0 Å². The molecule has 0 spiro atoms. The summed E-state index contributed by atoms with van der Waals surface area (Å²) >= 11 is 0. The van der Waals surface area contributed by atoms with Crippen molar-refractivity contribution in [1.82, 2.24) is 0 Å². The highest BCUT2D eigenvalue weighted by Crippen LogP contribution is 2.32. The van der Waals surface area contributed by atoms with E-state index in [2.05, 4.69) is 86.7 Å². The van der Waals surface area contributed by atoms with Crippen molar-refractivity contribution in [3.8, 4) is 11.1 Å². The van der Waals surface area contributed by atoms with Crippen molar-refractivity contribution < 1.29 is 0 Å². The van der Waals surface area contributed by atoms with Crippen molar-refractivity contribution in [3.63, 3.8) is 0 Å². The fourth-order valence-electron chi connectivity index (χ4n) is 4.87. The molecule has 1 fully saturated rings. The van der Waals surface area contributed by atoms with Crippen molar-refractivity contribution in [1.29, 1.82) is 0 Å². The Morgan fingerprint density at radius 2 is 1.41 bits per heavy atom. The van der Waals surface area contributed by atoms with E-state index < -0.39 is 0 Å². The Hall–Kier alpha value is -2.34. The van der Waals surface area contributed by atoms with E-state index in [1.807, 2.05) is 0 Å². The van der Waals surface area contributed by atoms with Gasteiger partial charge in [0.15, 0.2) is 0 Å². The van der Waals surface area contributed by atoms with Crippen molar-refractivity contribution in [2.75, 3.05) is 0 Å². The van der Waals surface area contributed by atoms with E-state index >= 15 is 0 Å². The van der Waals surface area contributed by atoms with Crippen LogP contribution in [0.1, 0.15) is 57.1 Å². The van der Waals surface area contributed by atoms with Gasteiger partial charge in [0.1, 0.15) is 0 Å². The van der Waals surface area contributed by atoms with Crippen molar-refractivity contribution in [2.24, 2.45) is 11.8 Å². The van der Waals surface area contributed by atoms with Gasteiger partial charge in [0.2, 0.25) is 0 Å². The van der Waals surface area contributed by atoms with Crippen LogP contribution in [-0.4, -0.2) is 0 Å². The van der Waals surface area contributed by atoms with Gasteiger partial charge in [0.25, 0.3) is 0 Å². The quantitative estimate of drug-likeness (QED) is 0.375. The molecule has 0 radical (unpaired) electrons. The third-order valence-corrected chi connectivity index (χ3v) is 6.80. The summed E-state index contributed by atoms with van der Waals surface area (Å²) in [4.78, 5) is 0. The minimum atomic E-state index is 0.839. The molecule has 1 aliphatic carbocycles. The summed E-state index contributed by atoms with van der Waals surface area (Å²) in [7, 11) is 0. The largest absolute Gasteiger partial charge is 0.0914 e. The van der Waals surface area contributed by atoms with Gasteiger partial charge in [-0.15, -0.1) is 0 Å². The van der Waals surface area contributed by atoms with Gasteiger partial charge in [-0.2, -0.15) is 0 Å². The molecule has 3 aromatic carbocycles. The van der Waals surface area contributed by atoms with Crippen molar-refractivity contribution in [3.05, 3.63) is 83.9 Å². The molecule has 1 aliphatic rings. The van der Waals surface area contributed by atoms with Crippen LogP contribution in [0.5, 0.6) is 0 Å². The molecule has 0 nitrogen and oxygen atoms in total. The molecule has 1 saturated carbocycles. The molecule has 0 N–H and O–H groups in total. The summed E-state index contributed by atoms with van der Waals surface area (Å²) in [6, 6.07) is 23.0. The first-order valence-corrected chi connectivity index (χ1v) is 11.5. The van der Waals surface area contributed by atoms with E-state index in [1.54, 1.807) is 0 Å². The molecular formula is C29H34. The Balaban J connectivity index is 1.37. The van der Waals surface area contributed by atoms with Gasteiger partial charge in [0.05, 0.1) is 0 Å². The Morgan fingerprint density at radius 3 is 2.14 bits per heavy atom. The number of aryl methyl sites for hydroxylation is 2. The van der Waals surface area contributed by atoms with Crippen LogP contribution in [0.3, 0.4) is 0 Å². The van der Waals surface area contributed by atoms with E-state index in [1.165, 1.54) is 71.6 Å². The van der Waals surface area contributed by atoms with Crippen LogP contribution in [0.25, 0.3) is 21.9 Å². The topological polar surface area (TPSA) is 0 Å². The zero-order chi connectivity index (χ0) is 20.1. The smallest absolute Gasteiger partial charge is 0.0178 e. The zero-order valence-electron chi connectivity index (χ0n) is 18.0. The summed E-state index contributed by atoms with van der Waals surface area (Å²) in [6.07, 6.45) is 13.9. The fraction of sp³-hybridized carbons (Fsp3) is 0.379. The average molecular weight is 383 g/mol. The zero-order valence-corrected chi connectivity index (χ0v) is 18.0. The Labute approximate surface area is 176 Å². The van der Waals surface area contributed by atoms with Crippen molar-refractivity contribution >= 4 is 10.8 Å². The molecule has 0 saturated heterocycles. The molecule has 0 atom stereocenters. The first-order chi connectivity index (χ1) is 14.2. The summed E-state index contributed by atoms with van der Waals surface area (Å²) in [5.41, 5.74) is 5.53. The Kier molecular flexibility index (Phi) is 6.49. The lowest BCUT2D eigenvalue weighted by Crippen LogP contribution is -2.13. The monoisotopic (exact) mass is 382 g/mol. The summed E-state index contributed by atoms with van der Waals surface area (Å²) < 4.78 is 0. The number of allylic oxidation sites excluding steroid dienone is 2. The van der Waals surface area contributed by atoms with Gasteiger partial charge in [-0.3, -0.25) is 0 Å². The highest BCUT2D eigenvalue weighted by atomic mass is 14.2. The maximum atomic E-state index is 2.41. The van der Waals surface area contributed by atoms with Crippen LogP contribution >= 0.6 is 0 Å². The molecule has 0 heterocycles. The highest BCUT2D eigenvalue weighted by molar-refractivity contribution is 5.87. The minimum Gasteiger partial charge on any atom is -0.0914 e. The SMILES string of the molecule is C/C=C/C1CCC(CCc2ccc(-c3ccc4cc(CC)ccc4c3)cc2)CC1. The molecule has 29 heavy (non-hydrogen) atoms. The first-order valence-electron chi connectivity index (χ1n) is 11.5. The second-order valence-electron chi connectivity index (χ2n) is 8.79. The molecule has 0 aliphatic heterocycles. The van der Waals surface area contributed by atoms with Gasteiger partial charge in [0, 0.05) is 0 Å². The molecule has 3 aromatic rings. The van der Waals surface area contributed by atoms with Crippen LogP contribution in [0.15, 0.2) is 72.8 Å². The first kappa shape index (κ1) is 20.0. The molecule has 150 valence electrons. The van der Waals surface area contributed by atoms with Gasteiger partial charge < -0.3 is 0 Å². The molecule has 0 bridgehead atoms. The summed E-state index contributed by atoms with van der Waals surface area (Å²) in [6.45, 7) is 4.36. The Morgan fingerprint density at radius 1 is 0.759 bits per heavy atom. The fourth-order valence-corrected chi connectivity index (χ4v) is 4.87. The second kappa shape index (κ2) is 9.44. The second-order valence-corrected chi connectivity index (χ2v) is 8.79. The third-order valence-electron chi connectivity index (χ3n) is 6.80. The average Bonchev–Trinajstić information content (AvgIpc) is 2.78. The number of benzene rings is 3. The van der Waals surface area contributed by atoms with Crippen LogP contribution in [0, 0.1) is 11.8 Å². The standard InChI is InChI=1S/C29H34/c1-3-5-23-6-8-24(9-7-23)10-11-25-13-15-26(16-14-25)28-19-18-27-20-22(4-2)12-17-29(27)21-28/h3,5,12-21,23-24H,4,6-11H2,1-2H3/b5-3+. The van der Waals surface area contributed by atoms with Crippen molar-refractivity contribution in [2.45, 2.75) is 58.8 Å². The Bertz CT molecular complexity index is 953. The lowest BCUT2D eigenvalue weighted by molar-refractivity contribution is 0.296. The molecule has 0 heteroatoms. The maximum Gasteiger partial charge on any atom is -0.0178 e. The van der Waals surface area contributed by atoms with E-state index in [4.69, 9.17) is 0 Å². The van der Waals surface area contributed by atoms with E-state index in [0.29, 0.717) is 0 Å². The van der Waals surface area contributed by atoms with Gasteiger partial charge >= 0.3 is 0 Å². The normalized spacial score (nSPS) is 19.8. The predicted octanol–water partition coefficient (Wildman–Crippen LogP) is 8.38. The van der Waals surface area contributed by atoms with Gasteiger partial charge in [-0.05, 0) is 103 Å². The van der Waals surface area contributed by atoms with E-state index in [0.717, 1.165) is 18.3 Å². The maximum absolute atomic E-state index is 2.41. The molecule has 4 rings (SSSR count). The molecular weight excluding hydrogens is 348 g/mol. The third kappa shape index (κ3) is 4.99.